The normalized spacial score (nSPS) is 37.0. The van der Waals surface area contributed by atoms with Gasteiger partial charge in [-0.3, -0.25) is 0 Å². The van der Waals surface area contributed by atoms with Gasteiger partial charge in [0.2, 0.25) is 5.79 Å². The van der Waals surface area contributed by atoms with Crippen LogP contribution in [0.5, 0.6) is 0 Å². The van der Waals surface area contributed by atoms with Crippen LogP contribution in [0, 0.1) is 0 Å². The second kappa shape index (κ2) is 5.88. The molecule has 0 aliphatic carbocycles. The Kier molecular flexibility index (Phi) is 4.24. The van der Waals surface area contributed by atoms with Crippen molar-refractivity contribution in [1.82, 2.24) is 0 Å². The van der Waals surface area contributed by atoms with Crippen molar-refractivity contribution in [2.24, 2.45) is 0 Å². The molecular formula is C16H22O6. The predicted octanol–water partition coefficient (Wildman–Crippen LogP) is 0.803. The highest BCUT2D eigenvalue weighted by Gasteiger charge is 2.61. The van der Waals surface area contributed by atoms with E-state index in [1.54, 1.807) is 13.8 Å². The molecule has 2 aliphatic rings. The molecule has 2 heterocycles. The fourth-order valence-electron chi connectivity index (χ4n) is 2.82. The van der Waals surface area contributed by atoms with E-state index in [1.165, 1.54) is 0 Å². The highest BCUT2D eigenvalue weighted by molar-refractivity contribution is 5.14. The SMILES string of the molecule is CC1(C)OC[C@]2(OCc3ccccc3)O[C@H](CO)[C@@H](O)[C@@H]2O1. The standard InChI is InChI=1S/C16H22O6/c1-15(2)20-10-16(19-9-11-6-4-3-5-7-11)14(22-15)13(18)12(8-17)21-16/h3-7,12-14,17-18H,8-10H2,1-2H3/t12-,13-,14+,16+/m1/s1. The first-order chi connectivity index (χ1) is 10.5. The molecule has 122 valence electrons. The van der Waals surface area contributed by atoms with Gasteiger partial charge in [0.15, 0.2) is 5.79 Å². The Labute approximate surface area is 129 Å². The quantitative estimate of drug-likeness (QED) is 0.857. The van der Waals surface area contributed by atoms with Crippen LogP contribution in [0.1, 0.15) is 19.4 Å². The summed E-state index contributed by atoms with van der Waals surface area (Å²) >= 11 is 0. The number of hydrogen-bond donors (Lipinski definition) is 2. The van der Waals surface area contributed by atoms with E-state index >= 15 is 0 Å². The smallest absolute Gasteiger partial charge is 0.222 e. The number of aliphatic hydroxyl groups excluding tert-OH is 2. The third-order valence-electron chi connectivity index (χ3n) is 4.01. The molecule has 0 spiro atoms. The summed E-state index contributed by atoms with van der Waals surface area (Å²) in [5.74, 6) is -2.04. The lowest BCUT2D eigenvalue weighted by atomic mass is 10.0. The number of benzene rings is 1. The van der Waals surface area contributed by atoms with Crippen LogP contribution in [0.2, 0.25) is 0 Å². The van der Waals surface area contributed by atoms with Gasteiger partial charge in [-0.05, 0) is 19.4 Å². The lowest BCUT2D eigenvalue weighted by Gasteiger charge is -2.44. The summed E-state index contributed by atoms with van der Waals surface area (Å²) in [6.45, 7) is 3.67. The molecule has 22 heavy (non-hydrogen) atoms. The minimum atomic E-state index is -1.21. The molecule has 6 heteroatoms. The fourth-order valence-corrected chi connectivity index (χ4v) is 2.82. The molecule has 6 nitrogen and oxygen atoms in total. The van der Waals surface area contributed by atoms with Gasteiger partial charge in [-0.1, -0.05) is 30.3 Å². The van der Waals surface area contributed by atoms with E-state index in [2.05, 4.69) is 0 Å². The van der Waals surface area contributed by atoms with Crippen molar-refractivity contribution in [1.29, 1.82) is 0 Å². The molecule has 0 bridgehead atoms. The molecule has 1 aromatic rings. The zero-order valence-electron chi connectivity index (χ0n) is 12.8. The van der Waals surface area contributed by atoms with Crippen molar-refractivity contribution in [2.45, 2.75) is 50.3 Å². The fraction of sp³-hybridized carbons (Fsp3) is 0.625. The average Bonchev–Trinajstić information content (AvgIpc) is 2.79. The van der Waals surface area contributed by atoms with Crippen LogP contribution in [0.3, 0.4) is 0 Å². The van der Waals surface area contributed by atoms with Gasteiger partial charge >= 0.3 is 0 Å². The predicted molar refractivity (Wildman–Crippen MR) is 76.8 cm³/mol. The van der Waals surface area contributed by atoms with Crippen molar-refractivity contribution < 1.29 is 29.2 Å². The molecule has 3 rings (SSSR count). The number of aliphatic hydroxyl groups is 2. The van der Waals surface area contributed by atoms with Gasteiger partial charge in [-0.15, -0.1) is 0 Å². The minimum Gasteiger partial charge on any atom is -0.394 e. The van der Waals surface area contributed by atoms with Crippen molar-refractivity contribution >= 4 is 0 Å². The van der Waals surface area contributed by atoms with E-state index in [4.69, 9.17) is 18.9 Å². The van der Waals surface area contributed by atoms with Gasteiger partial charge in [-0.25, -0.2) is 0 Å². The number of fused-ring (bicyclic) bond motifs is 1. The van der Waals surface area contributed by atoms with Gasteiger partial charge in [0.1, 0.15) is 24.9 Å². The highest BCUT2D eigenvalue weighted by atomic mass is 16.8. The first-order valence-electron chi connectivity index (χ1n) is 7.42. The Morgan fingerprint density at radius 1 is 1.23 bits per heavy atom. The van der Waals surface area contributed by atoms with Gasteiger partial charge in [0, 0.05) is 0 Å². The number of rotatable bonds is 4. The van der Waals surface area contributed by atoms with Crippen molar-refractivity contribution in [2.75, 3.05) is 13.2 Å². The van der Waals surface area contributed by atoms with E-state index in [-0.39, 0.29) is 13.2 Å². The molecule has 0 radical (unpaired) electrons. The summed E-state index contributed by atoms with van der Waals surface area (Å²) in [5, 5.41) is 19.7. The summed E-state index contributed by atoms with van der Waals surface area (Å²) in [7, 11) is 0. The van der Waals surface area contributed by atoms with Crippen molar-refractivity contribution in [3.63, 3.8) is 0 Å². The Morgan fingerprint density at radius 2 is 1.95 bits per heavy atom. The molecule has 0 unspecified atom stereocenters. The van der Waals surface area contributed by atoms with E-state index in [0.717, 1.165) is 5.56 Å². The first kappa shape index (κ1) is 15.9. The summed E-state index contributed by atoms with van der Waals surface area (Å²) in [6.07, 6.45) is -2.43. The maximum atomic E-state index is 10.3. The first-order valence-corrected chi connectivity index (χ1v) is 7.42. The van der Waals surface area contributed by atoms with E-state index in [0.29, 0.717) is 6.61 Å². The van der Waals surface area contributed by atoms with Gasteiger partial charge in [0.05, 0.1) is 13.2 Å². The zero-order valence-corrected chi connectivity index (χ0v) is 12.8. The molecule has 2 saturated heterocycles. The molecule has 1 aromatic carbocycles. The van der Waals surface area contributed by atoms with Gasteiger partial charge in [0.25, 0.3) is 0 Å². The molecule has 2 aliphatic heterocycles. The Balaban J connectivity index is 1.78. The van der Waals surface area contributed by atoms with Crippen LogP contribution in [-0.4, -0.2) is 53.3 Å². The van der Waals surface area contributed by atoms with Crippen LogP contribution in [0.25, 0.3) is 0 Å². The van der Waals surface area contributed by atoms with Gasteiger partial charge < -0.3 is 29.2 Å². The highest BCUT2D eigenvalue weighted by Crippen LogP contribution is 2.42. The summed E-state index contributed by atoms with van der Waals surface area (Å²) in [6, 6.07) is 9.65. The third kappa shape index (κ3) is 2.90. The second-order valence-electron chi connectivity index (χ2n) is 6.14. The van der Waals surface area contributed by atoms with Crippen LogP contribution in [-0.2, 0) is 25.6 Å². The molecule has 4 atom stereocenters. The summed E-state index contributed by atoms with van der Waals surface area (Å²) in [4.78, 5) is 0. The summed E-state index contributed by atoms with van der Waals surface area (Å²) < 4.78 is 23.1. The Bertz CT molecular complexity index is 505. The maximum absolute atomic E-state index is 10.3. The molecule has 0 amide bonds. The largest absolute Gasteiger partial charge is 0.394 e. The van der Waals surface area contributed by atoms with E-state index in [9.17, 15) is 10.2 Å². The topological polar surface area (TPSA) is 77.4 Å². The van der Waals surface area contributed by atoms with Crippen LogP contribution < -0.4 is 0 Å². The van der Waals surface area contributed by atoms with Crippen molar-refractivity contribution in [3.05, 3.63) is 35.9 Å². The molecule has 0 saturated carbocycles. The molecule has 2 fully saturated rings. The Morgan fingerprint density at radius 3 is 2.64 bits per heavy atom. The average molecular weight is 310 g/mol. The lowest BCUT2D eigenvalue weighted by molar-refractivity contribution is -0.392. The van der Waals surface area contributed by atoms with Crippen LogP contribution >= 0.6 is 0 Å². The maximum Gasteiger partial charge on any atom is 0.222 e. The number of ether oxygens (including phenoxy) is 4. The van der Waals surface area contributed by atoms with Crippen LogP contribution in [0.4, 0.5) is 0 Å². The molecule has 2 N–H and O–H groups in total. The van der Waals surface area contributed by atoms with E-state index in [1.807, 2.05) is 30.3 Å². The van der Waals surface area contributed by atoms with Crippen molar-refractivity contribution in [3.8, 4) is 0 Å². The zero-order chi connectivity index (χ0) is 15.8. The van der Waals surface area contributed by atoms with E-state index < -0.39 is 29.9 Å². The van der Waals surface area contributed by atoms with Gasteiger partial charge in [-0.2, -0.15) is 0 Å². The van der Waals surface area contributed by atoms with Crippen LogP contribution in [0.15, 0.2) is 30.3 Å². The lowest BCUT2D eigenvalue weighted by Crippen LogP contribution is -2.59. The monoisotopic (exact) mass is 310 g/mol. The molecule has 0 aromatic heterocycles. The second-order valence-corrected chi connectivity index (χ2v) is 6.14. The Hall–Kier alpha value is -1.02. The molecular weight excluding hydrogens is 288 g/mol. The number of hydrogen-bond acceptors (Lipinski definition) is 6. The minimum absolute atomic E-state index is 0.130. The summed E-state index contributed by atoms with van der Waals surface area (Å²) in [5.41, 5.74) is 0.978. The third-order valence-corrected chi connectivity index (χ3v) is 4.01.